The lowest BCUT2D eigenvalue weighted by atomic mass is 9.94. The Morgan fingerprint density at radius 3 is 2.31 bits per heavy atom. The summed E-state index contributed by atoms with van der Waals surface area (Å²) in [7, 11) is 5.32. The highest BCUT2D eigenvalue weighted by Crippen LogP contribution is 2.30. The standard InChI is InChI=1S/C36H55N5O6S/c1-22(2)29(41(7)35(44)31(23(3)4)39-33(43)28-16-12-13-17-40(28)6)20-30(47-8)34-38-27(21-48-34)32(42)37-26(18-24(5)36(45)46)19-25-14-10-9-11-15-25/h9-11,14-15,21-24,26,28-31H,12-13,16-20H2,1-8H3,(H,37,42)(H,39,43)(H,45,46)/t24-,26+,28+,29+,30+,31-/m0/s1. The normalized spacial score (nSPS) is 18.5. The molecule has 3 amide bonds. The van der Waals surface area contributed by atoms with Gasteiger partial charge in [-0.2, -0.15) is 0 Å². The van der Waals surface area contributed by atoms with Gasteiger partial charge < -0.3 is 25.4 Å². The molecule has 0 aliphatic carbocycles. The van der Waals surface area contributed by atoms with E-state index in [1.807, 2.05) is 65.1 Å². The quantitative estimate of drug-likeness (QED) is 0.216. The van der Waals surface area contributed by atoms with Gasteiger partial charge in [0, 0.05) is 38.0 Å². The summed E-state index contributed by atoms with van der Waals surface area (Å²) >= 11 is 1.31. The van der Waals surface area contributed by atoms with Crippen LogP contribution in [0.15, 0.2) is 35.7 Å². The molecule has 48 heavy (non-hydrogen) atoms. The zero-order valence-corrected chi connectivity index (χ0v) is 30.6. The zero-order chi connectivity index (χ0) is 35.5. The Morgan fingerprint density at radius 2 is 1.73 bits per heavy atom. The topological polar surface area (TPSA) is 141 Å². The number of carbonyl (C=O) groups excluding carboxylic acids is 3. The molecule has 2 aromatic rings. The van der Waals surface area contributed by atoms with Crippen LogP contribution in [-0.2, 0) is 25.5 Å². The highest BCUT2D eigenvalue weighted by Gasteiger charge is 2.36. The number of likely N-dealkylation sites (tertiary alicyclic amines) is 1. The number of carbonyl (C=O) groups is 4. The van der Waals surface area contributed by atoms with Crippen molar-refractivity contribution in [1.82, 2.24) is 25.4 Å². The van der Waals surface area contributed by atoms with Gasteiger partial charge in [-0.15, -0.1) is 11.3 Å². The number of aromatic nitrogens is 1. The summed E-state index contributed by atoms with van der Waals surface area (Å²) in [4.78, 5) is 60.6. The summed E-state index contributed by atoms with van der Waals surface area (Å²) in [5.74, 6) is -2.21. The first kappa shape index (κ1) is 39.1. The Labute approximate surface area is 289 Å². The SMILES string of the molecule is CO[C@H](C[C@H](C(C)C)N(C)C(=O)[C@@H](NC(=O)[C@H]1CCCCN1C)C(C)C)c1nc(C(=O)N[C@@H](Cc2ccccc2)C[C@H](C)C(=O)O)cs1. The smallest absolute Gasteiger partial charge is 0.306 e. The number of hydrogen-bond donors (Lipinski definition) is 3. The number of likely N-dealkylation sites (N-methyl/N-ethyl adjacent to an activating group) is 2. The van der Waals surface area contributed by atoms with Crippen LogP contribution in [0.25, 0.3) is 0 Å². The molecular formula is C36H55N5O6S. The lowest BCUT2D eigenvalue weighted by Gasteiger charge is -2.37. The molecule has 12 heteroatoms. The maximum atomic E-state index is 13.9. The van der Waals surface area contributed by atoms with Crippen molar-refractivity contribution in [3.05, 3.63) is 52.0 Å². The minimum absolute atomic E-state index is 0.0716. The van der Waals surface area contributed by atoms with Crippen LogP contribution in [0.4, 0.5) is 0 Å². The third-order valence-electron chi connectivity index (χ3n) is 9.41. The number of nitrogens with one attached hydrogen (secondary N) is 2. The van der Waals surface area contributed by atoms with Gasteiger partial charge in [0.15, 0.2) is 0 Å². The Bertz CT molecular complexity index is 1350. The first-order valence-corrected chi connectivity index (χ1v) is 17.9. The summed E-state index contributed by atoms with van der Waals surface area (Å²) < 4.78 is 5.88. The van der Waals surface area contributed by atoms with E-state index in [9.17, 15) is 24.3 Å². The van der Waals surface area contributed by atoms with E-state index < -0.39 is 30.1 Å². The van der Waals surface area contributed by atoms with Crippen molar-refractivity contribution in [3.8, 4) is 0 Å². The minimum Gasteiger partial charge on any atom is -0.481 e. The first-order chi connectivity index (χ1) is 22.7. The maximum Gasteiger partial charge on any atom is 0.306 e. The summed E-state index contributed by atoms with van der Waals surface area (Å²) in [6, 6.07) is 8.12. The van der Waals surface area contributed by atoms with Crippen molar-refractivity contribution in [2.45, 2.75) is 103 Å². The van der Waals surface area contributed by atoms with E-state index in [2.05, 4.69) is 20.5 Å². The van der Waals surface area contributed by atoms with Crippen LogP contribution in [0.5, 0.6) is 0 Å². The van der Waals surface area contributed by atoms with Crippen molar-refractivity contribution in [1.29, 1.82) is 0 Å². The third-order valence-corrected chi connectivity index (χ3v) is 10.3. The fourth-order valence-electron chi connectivity index (χ4n) is 6.37. The molecule has 1 saturated heterocycles. The van der Waals surface area contributed by atoms with Gasteiger partial charge in [-0.1, -0.05) is 71.4 Å². The van der Waals surface area contributed by atoms with E-state index in [1.54, 1.807) is 31.4 Å². The number of benzene rings is 1. The average Bonchev–Trinajstić information content (AvgIpc) is 3.54. The van der Waals surface area contributed by atoms with Gasteiger partial charge >= 0.3 is 5.97 Å². The lowest BCUT2D eigenvalue weighted by Crippen LogP contribution is -2.57. The van der Waals surface area contributed by atoms with Gasteiger partial charge in [0.05, 0.1) is 12.0 Å². The van der Waals surface area contributed by atoms with E-state index in [0.29, 0.717) is 17.8 Å². The van der Waals surface area contributed by atoms with Crippen LogP contribution in [-0.4, -0.2) is 95.5 Å². The van der Waals surface area contributed by atoms with Crippen LogP contribution in [0.1, 0.15) is 93.9 Å². The number of carboxylic acid groups (broad SMARTS) is 1. The Morgan fingerprint density at radius 1 is 1.04 bits per heavy atom. The monoisotopic (exact) mass is 685 g/mol. The molecule has 1 aromatic heterocycles. The first-order valence-electron chi connectivity index (χ1n) is 17.1. The van der Waals surface area contributed by atoms with Crippen LogP contribution in [0, 0.1) is 17.8 Å². The highest BCUT2D eigenvalue weighted by molar-refractivity contribution is 7.09. The summed E-state index contributed by atoms with van der Waals surface area (Å²) in [6.45, 7) is 10.5. The van der Waals surface area contributed by atoms with E-state index in [-0.39, 0.29) is 53.8 Å². The van der Waals surface area contributed by atoms with Crippen LogP contribution in [0.2, 0.25) is 0 Å². The lowest BCUT2D eigenvalue weighted by molar-refractivity contribution is -0.141. The van der Waals surface area contributed by atoms with Crippen molar-refractivity contribution >= 4 is 35.0 Å². The van der Waals surface area contributed by atoms with Gasteiger partial charge in [-0.05, 0) is 56.7 Å². The number of carboxylic acids is 1. The van der Waals surface area contributed by atoms with Crippen molar-refractivity contribution in [2.24, 2.45) is 17.8 Å². The van der Waals surface area contributed by atoms with Gasteiger partial charge in [-0.3, -0.25) is 24.1 Å². The number of nitrogens with zero attached hydrogens (tertiary/aromatic N) is 3. The molecule has 1 aliphatic rings. The van der Waals surface area contributed by atoms with Gasteiger partial charge in [-0.25, -0.2) is 4.98 Å². The molecule has 0 saturated carbocycles. The molecule has 11 nitrogen and oxygen atoms in total. The number of rotatable bonds is 17. The second-order valence-electron chi connectivity index (χ2n) is 13.8. The summed E-state index contributed by atoms with van der Waals surface area (Å²) in [5, 5.41) is 17.9. The number of thiazole rings is 1. The summed E-state index contributed by atoms with van der Waals surface area (Å²) in [5.41, 5.74) is 1.23. The number of amides is 3. The largest absolute Gasteiger partial charge is 0.481 e. The van der Waals surface area contributed by atoms with Crippen molar-refractivity contribution in [3.63, 3.8) is 0 Å². The summed E-state index contributed by atoms with van der Waals surface area (Å²) in [6.07, 6.45) is 3.58. The van der Waals surface area contributed by atoms with E-state index >= 15 is 0 Å². The van der Waals surface area contributed by atoms with Crippen molar-refractivity contribution in [2.75, 3.05) is 27.7 Å². The fourth-order valence-corrected chi connectivity index (χ4v) is 7.25. The Balaban J connectivity index is 1.72. The number of aliphatic carboxylic acids is 1. The van der Waals surface area contributed by atoms with Crippen LogP contribution >= 0.6 is 11.3 Å². The fraction of sp³-hybridized carbons (Fsp3) is 0.639. The van der Waals surface area contributed by atoms with Gasteiger partial charge in [0.1, 0.15) is 22.8 Å². The van der Waals surface area contributed by atoms with Gasteiger partial charge in [0.25, 0.3) is 5.91 Å². The molecule has 1 aromatic carbocycles. The molecule has 0 bridgehead atoms. The Hall–Kier alpha value is -3.35. The van der Waals surface area contributed by atoms with Crippen molar-refractivity contribution < 1.29 is 29.0 Å². The maximum absolute atomic E-state index is 13.9. The predicted octanol–water partition coefficient (Wildman–Crippen LogP) is 4.78. The molecule has 266 valence electrons. The highest BCUT2D eigenvalue weighted by atomic mass is 32.1. The van der Waals surface area contributed by atoms with E-state index in [1.165, 1.54) is 11.3 Å². The third kappa shape index (κ3) is 10.8. The van der Waals surface area contributed by atoms with Crippen LogP contribution in [0.3, 0.4) is 0 Å². The second-order valence-corrected chi connectivity index (χ2v) is 14.7. The number of ether oxygens (including phenoxy) is 1. The average molecular weight is 686 g/mol. The molecule has 0 radical (unpaired) electrons. The van der Waals surface area contributed by atoms with Crippen LogP contribution < -0.4 is 10.6 Å². The zero-order valence-electron chi connectivity index (χ0n) is 29.8. The predicted molar refractivity (Wildman–Crippen MR) is 188 cm³/mol. The molecule has 0 unspecified atom stereocenters. The molecule has 3 rings (SSSR count). The number of piperidine rings is 1. The molecule has 1 fully saturated rings. The molecule has 0 spiro atoms. The number of methoxy groups -OCH3 is 1. The number of hydrogen-bond acceptors (Lipinski definition) is 8. The molecule has 6 atom stereocenters. The molecule has 1 aliphatic heterocycles. The minimum atomic E-state index is -0.914. The Kier molecular flexibility index (Phi) is 15.0. The molecular weight excluding hydrogens is 630 g/mol. The van der Waals surface area contributed by atoms with E-state index in [0.717, 1.165) is 31.4 Å². The van der Waals surface area contributed by atoms with Gasteiger partial charge in [0.2, 0.25) is 11.8 Å². The molecule has 3 N–H and O–H groups in total. The molecule has 2 heterocycles. The van der Waals surface area contributed by atoms with E-state index in [4.69, 9.17) is 4.74 Å². The second kappa shape index (κ2) is 18.4.